The van der Waals surface area contributed by atoms with Crippen LogP contribution in [0.5, 0.6) is 5.75 Å². The first-order valence-corrected chi connectivity index (χ1v) is 9.36. The van der Waals surface area contributed by atoms with Crippen molar-refractivity contribution in [3.8, 4) is 11.8 Å². The number of ether oxygens (including phenoxy) is 1. The van der Waals surface area contributed by atoms with E-state index in [0.29, 0.717) is 13.0 Å². The van der Waals surface area contributed by atoms with Gasteiger partial charge in [0.05, 0.1) is 18.1 Å². The highest BCUT2D eigenvalue weighted by atomic mass is 16.5. The van der Waals surface area contributed by atoms with Crippen molar-refractivity contribution >= 4 is 10.9 Å². The Balaban J connectivity index is 1.85. The van der Waals surface area contributed by atoms with E-state index in [2.05, 4.69) is 11.1 Å². The number of pyridine rings is 1. The van der Waals surface area contributed by atoms with Crippen LogP contribution in [0.2, 0.25) is 0 Å². The van der Waals surface area contributed by atoms with Crippen LogP contribution in [0.4, 0.5) is 0 Å². The molecule has 0 fully saturated rings. The number of rotatable bonds is 3. The largest absolute Gasteiger partial charge is 0.493 e. The SMILES string of the molecule is CCc1cc2ccc([C@](C)(C#N)[C@H]3CCOc4ccccc43)cc2[nH]c1=O. The zero-order valence-corrected chi connectivity index (χ0v) is 15.6. The summed E-state index contributed by atoms with van der Waals surface area (Å²) in [6.45, 7) is 4.56. The molecule has 1 aromatic heterocycles. The molecule has 1 aliphatic heterocycles. The third kappa shape index (κ3) is 2.80. The smallest absolute Gasteiger partial charge is 0.251 e. The van der Waals surface area contributed by atoms with Gasteiger partial charge in [0.15, 0.2) is 0 Å². The van der Waals surface area contributed by atoms with Crippen LogP contribution in [-0.4, -0.2) is 11.6 Å². The van der Waals surface area contributed by atoms with Crippen LogP contribution in [0.3, 0.4) is 0 Å². The second-order valence-corrected chi connectivity index (χ2v) is 7.32. The number of nitriles is 1. The van der Waals surface area contributed by atoms with E-state index in [4.69, 9.17) is 4.74 Å². The van der Waals surface area contributed by atoms with E-state index < -0.39 is 5.41 Å². The van der Waals surface area contributed by atoms with E-state index in [1.807, 2.05) is 62.4 Å². The zero-order valence-electron chi connectivity index (χ0n) is 15.6. The van der Waals surface area contributed by atoms with Crippen molar-refractivity contribution in [2.24, 2.45) is 0 Å². The minimum atomic E-state index is -0.714. The number of hydrogen-bond acceptors (Lipinski definition) is 3. The highest BCUT2D eigenvalue weighted by Gasteiger charge is 2.40. The molecule has 3 aromatic rings. The number of nitrogens with one attached hydrogen (secondary N) is 1. The summed E-state index contributed by atoms with van der Waals surface area (Å²) in [7, 11) is 0. The molecule has 0 aliphatic carbocycles. The van der Waals surface area contributed by atoms with Crippen LogP contribution in [0.25, 0.3) is 10.9 Å². The van der Waals surface area contributed by atoms with E-state index in [9.17, 15) is 10.1 Å². The van der Waals surface area contributed by atoms with Crippen molar-refractivity contribution in [2.45, 2.75) is 38.0 Å². The lowest BCUT2D eigenvalue weighted by Gasteiger charge is -2.36. The van der Waals surface area contributed by atoms with Gasteiger partial charge in [0.2, 0.25) is 0 Å². The lowest BCUT2D eigenvalue weighted by Crippen LogP contribution is -2.32. The Morgan fingerprint density at radius 3 is 2.85 bits per heavy atom. The fourth-order valence-corrected chi connectivity index (χ4v) is 4.12. The van der Waals surface area contributed by atoms with E-state index in [0.717, 1.165) is 39.8 Å². The van der Waals surface area contributed by atoms with Crippen LogP contribution >= 0.6 is 0 Å². The molecule has 0 saturated heterocycles. The van der Waals surface area contributed by atoms with Crippen LogP contribution in [0, 0.1) is 11.3 Å². The predicted molar refractivity (Wildman–Crippen MR) is 106 cm³/mol. The second-order valence-electron chi connectivity index (χ2n) is 7.32. The van der Waals surface area contributed by atoms with Gasteiger partial charge >= 0.3 is 0 Å². The normalized spacial score (nSPS) is 18.2. The molecular weight excluding hydrogens is 336 g/mol. The molecule has 0 bridgehead atoms. The molecule has 2 aromatic carbocycles. The van der Waals surface area contributed by atoms with Gasteiger partial charge in [-0.2, -0.15) is 5.26 Å². The van der Waals surface area contributed by atoms with Crippen molar-refractivity contribution in [2.75, 3.05) is 6.61 Å². The highest BCUT2D eigenvalue weighted by molar-refractivity contribution is 5.80. The number of aromatic amines is 1. The summed E-state index contributed by atoms with van der Waals surface area (Å²) in [6, 6.07) is 18.4. The lowest BCUT2D eigenvalue weighted by atomic mass is 9.68. The summed E-state index contributed by atoms with van der Waals surface area (Å²) >= 11 is 0. The average Bonchev–Trinajstić information content (AvgIpc) is 2.71. The summed E-state index contributed by atoms with van der Waals surface area (Å²) in [6.07, 6.45) is 1.48. The molecule has 0 radical (unpaired) electrons. The molecule has 136 valence electrons. The molecule has 0 amide bonds. The van der Waals surface area contributed by atoms with E-state index >= 15 is 0 Å². The summed E-state index contributed by atoms with van der Waals surface area (Å²) in [5.74, 6) is 0.892. The fourth-order valence-electron chi connectivity index (χ4n) is 4.12. The van der Waals surface area contributed by atoms with Gasteiger partial charge in [0.1, 0.15) is 5.75 Å². The number of H-pyrrole nitrogens is 1. The minimum absolute atomic E-state index is 0.0338. The van der Waals surface area contributed by atoms with Crippen molar-refractivity contribution in [1.82, 2.24) is 4.98 Å². The molecule has 4 heteroatoms. The Labute approximate surface area is 158 Å². The van der Waals surface area contributed by atoms with Gasteiger partial charge in [-0.05, 0) is 54.5 Å². The average molecular weight is 358 g/mol. The fraction of sp³-hybridized carbons (Fsp3) is 0.304. The number of aryl methyl sites for hydroxylation is 1. The number of hydrogen-bond donors (Lipinski definition) is 1. The van der Waals surface area contributed by atoms with Gasteiger partial charge in [-0.25, -0.2) is 0 Å². The number of nitrogens with zero attached hydrogens (tertiary/aromatic N) is 1. The van der Waals surface area contributed by atoms with E-state index in [1.54, 1.807) is 0 Å². The molecule has 2 heterocycles. The van der Waals surface area contributed by atoms with Crippen LogP contribution < -0.4 is 10.3 Å². The summed E-state index contributed by atoms with van der Waals surface area (Å²) in [4.78, 5) is 15.2. The number of aromatic nitrogens is 1. The second kappa shape index (κ2) is 6.59. The Bertz CT molecular complexity index is 1110. The van der Waals surface area contributed by atoms with Crippen molar-refractivity contribution in [3.63, 3.8) is 0 Å². The lowest BCUT2D eigenvalue weighted by molar-refractivity contribution is 0.243. The first kappa shape index (κ1) is 17.4. The minimum Gasteiger partial charge on any atom is -0.493 e. The van der Waals surface area contributed by atoms with E-state index in [1.165, 1.54) is 0 Å². The molecular formula is C23H22N2O2. The van der Waals surface area contributed by atoms with Gasteiger partial charge in [-0.1, -0.05) is 37.3 Å². The third-order valence-electron chi connectivity index (χ3n) is 5.79. The monoisotopic (exact) mass is 358 g/mol. The van der Waals surface area contributed by atoms with Gasteiger partial charge in [-0.15, -0.1) is 0 Å². The standard InChI is InChI=1S/C23H22N2O2/c1-3-15-12-16-8-9-17(13-20(16)25-22(15)26)23(2,14-24)19-10-11-27-21-7-5-4-6-18(19)21/h4-9,12-13,19H,3,10-11H2,1-2H3,(H,25,26)/t19-,23-/m0/s1. The summed E-state index contributed by atoms with van der Waals surface area (Å²) in [5.41, 5.74) is 2.77. The van der Waals surface area contributed by atoms with Gasteiger partial charge < -0.3 is 9.72 Å². The predicted octanol–water partition coefficient (Wildman–Crippen LogP) is 4.44. The van der Waals surface area contributed by atoms with Crippen molar-refractivity contribution in [3.05, 3.63) is 75.6 Å². The number of para-hydroxylation sites is 1. The van der Waals surface area contributed by atoms with Gasteiger partial charge in [0, 0.05) is 17.0 Å². The van der Waals surface area contributed by atoms with Crippen LogP contribution in [0.1, 0.15) is 42.9 Å². The first-order chi connectivity index (χ1) is 13.1. The third-order valence-corrected chi connectivity index (χ3v) is 5.79. The first-order valence-electron chi connectivity index (χ1n) is 9.36. The number of fused-ring (bicyclic) bond motifs is 2. The maximum Gasteiger partial charge on any atom is 0.251 e. The Kier molecular flexibility index (Phi) is 4.24. The van der Waals surface area contributed by atoms with Crippen LogP contribution in [-0.2, 0) is 11.8 Å². The van der Waals surface area contributed by atoms with Crippen molar-refractivity contribution < 1.29 is 4.74 Å². The van der Waals surface area contributed by atoms with Gasteiger partial charge in [-0.3, -0.25) is 4.79 Å². The molecule has 0 unspecified atom stereocenters. The zero-order chi connectivity index (χ0) is 19.0. The highest BCUT2D eigenvalue weighted by Crippen LogP contribution is 2.46. The molecule has 27 heavy (non-hydrogen) atoms. The molecule has 4 rings (SSSR count). The van der Waals surface area contributed by atoms with Crippen LogP contribution in [0.15, 0.2) is 53.3 Å². The Morgan fingerprint density at radius 1 is 1.26 bits per heavy atom. The van der Waals surface area contributed by atoms with E-state index in [-0.39, 0.29) is 11.5 Å². The molecule has 0 saturated carbocycles. The Hall–Kier alpha value is -3.06. The maximum atomic E-state index is 12.2. The Morgan fingerprint density at radius 2 is 2.07 bits per heavy atom. The summed E-state index contributed by atoms with van der Waals surface area (Å²) < 4.78 is 5.78. The molecule has 0 spiro atoms. The topological polar surface area (TPSA) is 65.9 Å². The molecule has 1 aliphatic rings. The number of benzene rings is 2. The van der Waals surface area contributed by atoms with Crippen molar-refractivity contribution in [1.29, 1.82) is 5.26 Å². The molecule has 1 N–H and O–H groups in total. The molecule has 2 atom stereocenters. The quantitative estimate of drug-likeness (QED) is 0.753. The van der Waals surface area contributed by atoms with Gasteiger partial charge in [0.25, 0.3) is 5.56 Å². The summed E-state index contributed by atoms with van der Waals surface area (Å²) in [5, 5.41) is 11.2. The molecule has 4 nitrogen and oxygen atoms in total. The maximum absolute atomic E-state index is 12.2.